The van der Waals surface area contributed by atoms with Crippen LogP contribution >= 0.6 is 0 Å². The Hall–Kier alpha value is -3.75. The van der Waals surface area contributed by atoms with Gasteiger partial charge in [0.1, 0.15) is 22.9 Å². The summed E-state index contributed by atoms with van der Waals surface area (Å²) in [5.41, 5.74) is 8.77. The first-order valence-corrected chi connectivity index (χ1v) is 11.5. The molecule has 1 saturated carbocycles. The number of carbonyl (C=O) groups is 1. The van der Waals surface area contributed by atoms with Crippen LogP contribution < -0.4 is 5.73 Å². The Morgan fingerprint density at radius 1 is 1.29 bits per heavy atom. The summed E-state index contributed by atoms with van der Waals surface area (Å²) in [4.78, 5) is 23.7. The lowest BCUT2D eigenvalue weighted by Crippen LogP contribution is -2.29. The molecule has 0 spiro atoms. The number of benzene rings is 1. The zero-order chi connectivity index (χ0) is 23.7. The Labute approximate surface area is 197 Å². The number of hydrogen-bond acceptors (Lipinski definition) is 9. The maximum atomic E-state index is 12.3. The molecule has 2 aromatic rings. The molecule has 5 rings (SSSR count). The third kappa shape index (κ3) is 4.78. The fourth-order valence-electron chi connectivity index (χ4n) is 4.19. The number of ether oxygens (including phenoxy) is 3. The van der Waals surface area contributed by atoms with Gasteiger partial charge >= 0.3 is 5.97 Å². The van der Waals surface area contributed by atoms with Gasteiger partial charge < -0.3 is 29.3 Å². The van der Waals surface area contributed by atoms with E-state index in [0.717, 1.165) is 49.3 Å². The van der Waals surface area contributed by atoms with Crippen molar-refractivity contribution in [2.45, 2.75) is 31.8 Å². The van der Waals surface area contributed by atoms with Gasteiger partial charge in [0, 0.05) is 30.2 Å². The van der Waals surface area contributed by atoms with Gasteiger partial charge in [0.15, 0.2) is 11.7 Å². The van der Waals surface area contributed by atoms with Crippen LogP contribution in [0.15, 0.2) is 63.6 Å². The normalized spacial score (nSPS) is 22.9. The molecule has 3 heterocycles. The number of methoxy groups -OCH3 is 1. The van der Waals surface area contributed by atoms with E-state index in [1.165, 1.54) is 7.11 Å². The van der Waals surface area contributed by atoms with E-state index in [1.54, 1.807) is 6.08 Å². The van der Waals surface area contributed by atoms with Crippen LogP contribution in [-0.2, 0) is 19.0 Å². The minimum atomic E-state index is -0.658. The molecule has 2 N–H and O–H groups in total. The molecular weight excluding hydrogens is 436 g/mol. The summed E-state index contributed by atoms with van der Waals surface area (Å²) in [6, 6.07) is 5.88. The highest BCUT2D eigenvalue weighted by Gasteiger charge is 2.39. The standard InChI is InChI=1S/C25H28N4O5/c1-15-11-19(33-22(16-5-6-16)24(30)31-2)13-18-14-29(9-3-4-10-32-15)23(27-18)17-7-8-21-20(12-17)28-25(26)34-21/h7-8,11-13,16,22H,1,3-6,9-10,14H2,2H3,(H2,26,28)/b18-13+,19-11+. The third-order valence-electron chi connectivity index (χ3n) is 6.03. The molecule has 0 amide bonds. The predicted octanol–water partition coefficient (Wildman–Crippen LogP) is 3.53. The van der Waals surface area contributed by atoms with Crippen molar-refractivity contribution in [3.05, 3.63) is 59.7 Å². The van der Waals surface area contributed by atoms with Crippen LogP contribution in [0.5, 0.6) is 0 Å². The van der Waals surface area contributed by atoms with Crippen LogP contribution in [0.2, 0.25) is 0 Å². The van der Waals surface area contributed by atoms with E-state index in [9.17, 15) is 4.79 Å². The molecule has 1 aliphatic carbocycles. The topological polar surface area (TPSA) is 112 Å². The predicted molar refractivity (Wildman–Crippen MR) is 127 cm³/mol. The Morgan fingerprint density at radius 3 is 2.94 bits per heavy atom. The number of aromatic nitrogens is 1. The minimum Gasteiger partial charge on any atom is -0.494 e. The van der Waals surface area contributed by atoms with Crippen LogP contribution in [0, 0.1) is 5.92 Å². The van der Waals surface area contributed by atoms with Crippen LogP contribution in [0.3, 0.4) is 0 Å². The Kier molecular flexibility index (Phi) is 6.00. The lowest BCUT2D eigenvalue weighted by atomic mass is 10.1. The van der Waals surface area contributed by atoms with Crippen LogP contribution in [0.25, 0.3) is 11.1 Å². The average molecular weight is 465 g/mol. The number of nitrogen functional groups attached to an aromatic ring is 1. The van der Waals surface area contributed by atoms with Crippen LogP contribution in [-0.4, -0.2) is 54.6 Å². The largest absolute Gasteiger partial charge is 0.494 e. The highest BCUT2D eigenvalue weighted by molar-refractivity contribution is 6.03. The van der Waals surface area contributed by atoms with Crippen LogP contribution in [0.4, 0.5) is 6.01 Å². The molecule has 0 saturated heterocycles. The number of amidine groups is 1. The molecule has 9 heteroatoms. The molecule has 34 heavy (non-hydrogen) atoms. The maximum absolute atomic E-state index is 12.3. The summed E-state index contributed by atoms with van der Waals surface area (Å²) >= 11 is 0. The van der Waals surface area contributed by atoms with Crippen LogP contribution in [0.1, 0.15) is 31.2 Å². The molecule has 1 unspecified atom stereocenters. The molecule has 2 aliphatic heterocycles. The summed E-state index contributed by atoms with van der Waals surface area (Å²) in [6.45, 7) is 5.97. The number of rotatable bonds is 5. The third-order valence-corrected chi connectivity index (χ3v) is 6.03. The van der Waals surface area contributed by atoms with Gasteiger partial charge in [-0.1, -0.05) is 6.58 Å². The maximum Gasteiger partial charge on any atom is 0.347 e. The quantitative estimate of drug-likeness (QED) is 0.669. The van der Waals surface area contributed by atoms with Gasteiger partial charge in [0.2, 0.25) is 0 Å². The van der Waals surface area contributed by atoms with E-state index in [0.29, 0.717) is 35.8 Å². The van der Waals surface area contributed by atoms with E-state index in [1.807, 2.05) is 24.3 Å². The second kappa shape index (κ2) is 9.24. The molecule has 1 fully saturated rings. The summed E-state index contributed by atoms with van der Waals surface area (Å²) in [6.07, 6.45) is 6.60. The first kappa shape index (κ1) is 22.1. The van der Waals surface area contributed by atoms with Crippen molar-refractivity contribution in [3.63, 3.8) is 0 Å². The number of nitrogens with two attached hydrogens (primary N) is 1. The van der Waals surface area contributed by atoms with Gasteiger partial charge in [-0.25, -0.2) is 9.79 Å². The molecular formula is C25H28N4O5. The first-order chi connectivity index (χ1) is 16.5. The fraction of sp³-hybridized carbons (Fsp3) is 0.400. The van der Waals surface area contributed by atoms with Gasteiger partial charge in [-0.3, -0.25) is 0 Å². The van der Waals surface area contributed by atoms with Gasteiger partial charge in [-0.2, -0.15) is 4.98 Å². The Bertz CT molecular complexity index is 1210. The van der Waals surface area contributed by atoms with E-state index < -0.39 is 6.10 Å². The SMILES string of the molecule is C=C1/C=C(OC(C(=O)OC)C2CC2)\C=C2/CN(CCCCO1)C(c1ccc3oc(N)nc3c1)=N2. The average Bonchev–Trinajstić information content (AvgIpc) is 3.46. The van der Waals surface area contributed by atoms with E-state index in [2.05, 4.69) is 16.5 Å². The number of fused-ring (bicyclic) bond motifs is 3. The number of aliphatic imine (C=N–C) groups is 1. The number of hydrogen-bond donors (Lipinski definition) is 1. The fourth-order valence-corrected chi connectivity index (χ4v) is 4.19. The highest BCUT2D eigenvalue weighted by atomic mass is 16.6. The molecule has 1 aromatic heterocycles. The van der Waals surface area contributed by atoms with Crippen molar-refractivity contribution >= 4 is 28.9 Å². The number of nitrogens with zero attached hydrogens (tertiary/aromatic N) is 3. The van der Waals surface area contributed by atoms with Crippen molar-refractivity contribution in [3.8, 4) is 0 Å². The zero-order valence-corrected chi connectivity index (χ0v) is 19.2. The number of allylic oxidation sites excluding steroid dienone is 2. The van der Waals surface area contributed by atoms with E-state index >= 15 is 0 Å². The van der Waals surface area contributed by atoms with Crippen molar-refractivity contribution < 1.29 is 23.4 Å². The summed E-state index contributed by atoms with van der Waals surface area (Å²) < 4.78 is 22.3. The zero-order valence-electron chi connectivity index (χ0n) is 19.2. The number of esters is 1. The van der Waals surface area contributed by atoms with Crippen molar-refractivity contribution in [2.24, 2.45) is 10.9 Å². The lowest BCUT2D eigenvalue weighted by Gasteiger charge is -2.21. The van der Waals surface area contributed by atoms with Gasteiger partial charge in [-0.15, -0.1) is 0 Å². The first-order valence-electron chi connectivity index (χ1n) is 11.5. The molecule has 3 aliphatic rings. The monoisotopic (exact) mass is 464 g/mol. The molecule has 1 atom stereocenters. The molecule has 1 aromatic carbocycles. The summed E-state index contributed by atoms with van der Waals surface area (Å²) in [5, 5.41) is 0. The minimum absolute atomic E-state index is 0.138. The second-order valence-corrected chi connectivity index (χ2v) is 8.69. The van der Waals surface area contributed by atoms with Crippen molar-refractivity contribution in [1.29, 1.82) is 0 Å². The van der Waals surface area contributed by atoms with Crippen molar-refractivity contribution in [2.75, 3.05) is 32.5 Å². The number of oxazole rings is 1. The number of carbonyl (C=O) groups excluding carboxylic acids is 1. The van der Waals surface area contributed by atoms with Gasteiger partial charge in [-0.05, 0) is 43.9 Å². The molecule has 178 valence electrons. The van der Waals surface area contributed by atoms with Gasteiger partial charge in [0.25, 0.3) is 6.01 Å². The summed E-state index contributed by atoms with van der Waals surface area (Å²) in [5.74, 6) is 1.59. The van der Waals surface area contributed by atoms with E-state index in [4.69, 9.17) is 29.4 Å². The second-order valence-electron chi connectivity index (χ2n) is 8.69. The Balaban J connectivity index is 1.49. The van der Waals surface area contributed by atoms with Crippen molar-refractivity contribution in [1.82, 2.24) is 9.88 Å². The van der Waals surface area contributed by atoms with Gasteiger partial charge in [0.05, 0.1) is 26.0 Å². The Morgan fingerprint density at radius 2 is 2.15 bits per heavy atom. The molecule has 2 bridgehead atoms. The smallest absolute Gasteiger partial charge is 0.347 e. The highest BCUT2D eigenvalue weighted by Crippen LogP contribution is 2.36. The lowest BCUT2D eigenvalue weighted by molar-refractivity contribution is -0.152. The molecule has 0 radical (unpaired) electrons. The molecule has 9 nitrogen and oxygen atoms in total. The summed E-state index contributed by atoms with van der Waals surface area (Å²) in [7, 11) is 1.38. The van der Waals surface area contributed by atoms with E-state index in [-0.39, 0.29) is 17.9 Å². The number of anilines is 1.